The summed E-state index contributed by atoms with van der Waals surface area (Å²) in [6, 6.07) is 0. The van der Waals surface area contributed by atoms with Gasteiger partial charge in [-0.2, -0.15) is 9.90 Å². The molecule has 0 N–H and O–H groups in total. The van der Waals surface area contributed by atoms with Crippen LogP contribution >= 0.6 is 9.90 Å². The lowest BCUT2D eigenvalue weighted by molar-refractivity contribution is 1.57. The maximum atomic E-state index is 7.10. The van der Waals surface area contributed by atoms with Crippen LogP contribution in [0.5, 0.6) is 0 Å². The smallest absolute Gasteiger partial charge is 0.214 e. The predicted molar refractivity (Wildman–Crippen MR) is 22.5 cm³/mol. The average Bonchev–Trinajstić information content (AvgIpc) is 0.918. The maximum absolute atomic E-state index is 7.10. The monoisotopic (exact) mass is 71.0 g/mol. The van der Waals surface area contributed by atoms with Gasteiger partial charge in [0, 0.05) is 0 Å². The normalized spacial score (nSPS) is 1.75. The minimum absolute atomic E-state index is 0. The number of hydrogen-bond donors (Lipinski definition) is 0. The number of nitrogens with zero attached hydrogens (tertiary/aromatic N) is 1. The summed E-state index contributed by atoms with van der Waals surface area (Å²) in [4.78, 5) is 0. The van der Waals surface area contributed by atoms with E-state index in [1.165, 1.54) is 5.97 Å². The summed E-state index contributed by atoms with van der Waals surface area (Å²) in [5.41, 5.74) is 0. The van der Waals surface area contributed by atoms with Crippen molar-refractivity contribution in [1.29, 1.82) is 5.26 Å². The van der Waals surface area contributed by atoms with Gasteiger partial charge in [0.25, 0.3) is 0 Å². The molecule has 0 aliphatic carbocycles. The Labute approximate surface area is 30.0 Å². The molecule has 3 heteroatoms. The molecule has 0 saturated heterocycles. The van der Waals surface area contributed by atoms with E-state index in [0.717, 1.165) is 0 Å². The van der Waals surface area contributed by atoms with Crippen LogP contribution in [0.4, 0.5) is 0 Å². The van der Waals surface area contributed by atoms with Crippen LogP contribution in [0, 0.1) is 11.2 Å². The van der Waals surface area contributed by atoms with E-state index in [1.807, 2.05) is 0 Å². The summed E-state index contributed by atoms with van der Waals surface area (Å²) in [6.07, 6.45) is 0. The van der Waals surface area contributed by atoms with Crippen LogP contribution in [0.15, 0.2) is 0 Å². The molecule has 0 spiro atoms. The number of nitriles is 1. The molecule has 20 valence electrons. The third-order valence-corrected chi connectivity index (χ3v) is 0. The molecule has 0 amide bonds. The Morgan fingerprint density at radius 1 is 1.75 bits per heavy atom. The van der Waals surface area contributed by atoms with E-state index in [0.29, 0.717) is 0 Å². The van der Waals surface area contributed by atoms with Gasteiger partial charge < -0.3 is 0 Å². The highest BCUT2D eigenvalue weighted by Crippen LogP contribution is 1.04. The van der Waals surface area contributed by atoms with Crippen LogP contribution in [0.2, 0.25) is 0 Å². The fraction of sp³-hybridized carbons (Fsp3) is 0. The van der Waals surface area contributed by atoms with E-state index < -0.39 is 0 Å². The SMILES string of the molecule is P.[B]C#N. The largest absolute Gasteiger partial charge is 0.229 e. The summed E-state index contributed by atoms with van der Waals surface area (Å²) in [7, 11) is 4.15. The Balaban J connectivity index is 0. The van der Waals surface area contributed by atoms with Gasteiger partial charge in [0.1, 0.15) is 0 Å². The van der Waals surface area contributed by atoms with E-state index in [9.17, 15) is 0 Å². The molecular formula is CH3BNP. The van der Waals surface area contributed by atoms with Gasteiger partial charge in [-0.25, -0.2) is 5.26 Å². The standard InChI is InChI=1S/CBN.H3P/c2-1-3;/h;1H3. The predicted octanol–water partition coefficient (Wildman–Crippen LogP) is -0.306. The van der Waals surface area contributed by atoms with Gasteiger partial charge in [-0.1, -0.05) is 0 Å². The summed E-state index contributed by atoms with van der Waals surface area (Å²) in [5, 5.41) is 7.10. The summed E-state index contributed by atoms with van der Waals surface area (Å²) in [6.45, 7) is 0. The zero-order chi connectivity index (χ0) is 2.71. The summed E-state index contributed by atoms with van der Waals surface area (Å²) < 4.78 is 0. The molecule has 0 bridgehead atoms. The van der Waals surface area contributed by atoms with Crippen LogP contribution in [0.25, 0.3) is 0 Å². The summed E-state index contributed by atoms with van der Waals surface area (Å²) in [5.74, 6) is 1.25. The molecule has 1 nitrogen and oxygen atoms in total. The van der Waals surface area contributed by atoms with Gasteiger partial charge >= 0.3 is 0 Å². The minimum Gasteiger partial charge on any atom is -0.214 e. The molecule has 1 unspecified atom stereocenters. The molecule has 0 aliphatic rings. The third-order valence-electron chi connectivity index (χ3n) is 0. The van der Waals surface area contributed by atoms with Crippen molar-refractivity contribution in [3.05, 3.63) is 0 Å². The maximum Gasteiger partial charge on any atom is 0.229 e. The second-order valence-electron chi connectivity index (χ2n) is 0.129. The second-order valence-corrected chi connectivity index (χ2v) is 0.129. The van der Waals surface area contributed by atoms with E-state index in [2.05, 4.69) is 7.85 Å². The van der Waals surface area contributed by atoms with Gasteiger partial charge in [-0.05, 0) is 5.97 Å². The fourth-order valence-corrected chi connectivity index (χ4v) is 0. The van der Waals surface area contributed by atoms with Crippen molar-refractivity contribution in [2.45, 2.75) is 0 Å². The lowest BCUT2D eigenvalue weighted by Gasteiger charge is -1.12. The molecule has 0 rings (SSSR count). The van der Waals surface area contributed by atoms with Crippen molar-refractivity contribution < 1.29 is 0 Å². The zero-order valence-electron chi connectivity index (χ0n) is 2.23. The average molecular weight is 70.8 g/mol. The molecule has 0 heterocycles. The third kappa shape index (κ3) is 8480. The van der Waals surface area contributed by atoms with Crippen LogP contribution < -0.4 is 0 Å². The van der Waals surface area contributed by atoms with Crippen molar-refractivity contribution >= 4 is 17.7 Å². The molecule has 0 aliphatic heterocycles. The van der Waals surface area contributed by atoms with E-state index in [4.69, 9.17) is 5.26 Å². The first-order valence-corrected chi connectivity index (χ1v) is 0.512. The Kier molecular flexibility index (Phi) is 27.3. The van der Waals surface area contributed by atoms with E-state index >= 15 is 0 Å². The van der Waals surface area contributed by atoms with Gasteiger partial charge in [0.2, 0.25) is 7.85 Å². The molecule has 4 heavy (non-hydrogen) atoms. The molecular weight excluding hydrogens is 67.8 g/mol. The Bertz CT molecular complexity index is 29.5. The first-order valence-electron chi connectivity index (χ1n) is 0.512. The van der Waals surface area contributed by atoms with Crippen molar-refractivity contribution in [3.63, 3.8) is 0 Å². The fourth-order valence-electron chi connectivity index (χ4n) is 0. The highest BCUT2D eigenvalue weighted by atomic mass is 31.0. The Morgan fingerprint density at radius 3 is 1.75 bits per heavy atom. The Morgan fingerprint density at radius 2 is 1.75 bits per heavy atom. The lowest BCUT2D eigenvalue weighted by atomic mass is 10.2. The molecule has 0 aromatic carbocycles. The van der Waals surface area contributed by atoms with Gasteiger partial charge in [-0.3, -0.25) is 0 Å². The van der Waals surface area contributed by atoms with Crippen LogP contribution in [-0.4, -0.2) is 7.85 Å². The van der Waals surface area contributed by atoms with Crippen LogP contribution in [-0.2, 0) is 0 Å². The highest BCUT2D eigenvalue weighted by molar-refractivity contribution is 6.92. The molecule has 0 saturated carbocycles. The Hall–Kier alpha value is -0.0151. The lowest BCUT2D eigenvalue weighted by Crippen LogP contribution is -1.32. The van der Waals surface area contributed by atoms with Gasteiger partial charge in [0.15, 0.2) is 0 Å². The van der Waals surface area contributed by atoms with E-state index in [-0.39, 0.29) is 9.90 Å². The molecule has 1 atom stereocenters. The van der Waals surface area contributed by atoms with Gasteiger partial charge in [0.05, 0.1) is 0 Å². The van der Waals surface area contributed by atoms with Crippen LogP contribution in [0.1, 0.15) is 0 Å². The molecule has 0 aromatic heterocycles. The summed E-state index contributed by atoms with van der Waals surface area (Å²) >= 11 is 0. The minimum atomic E-state index is 0. The van der Waals surface area contributed by atoms with E-state index in [1.54, 1.807) is 0 Å². The molecule has 2 radical (unpaired) electrons. The second kappa shape index (κ2) is 12.1. The zero-order valence-corrected chi connectivity index (χ0v) is 3.65. The topological polar surface area (TPSA) is 23.8 Å². The number of rotatable bonds is 0. The highest BCUT2D eigenvalue weighted by Gasteiger charge is 1.22. The van der Waals surface area contributed by atoms with Crippen molar-refractivity contribution in [3.8, 4) is 5.97 Å². The van der Waals surface area contributed by atoms with Crippen molar-refractivity contribution in [2.75, 3.05) is 0 Å². The van der Waals surface area contributed by atoms with Crippen molar-refractivity contribution in [2.24, 2.45) is 0 Å². The van der Waals surface area contributed by atoms with Crippen LogP contribution in [0.3, 0.4) is 0 Å². The quantitative estimate of drug-likeness (QED) is 0.284. The van der Waals surface area contributed by atoms with Gasteiger partial charge in [-0.15, -0.1) is 0 Å². The first-order chi connectivity index (χ1) is 1.41. The first kappa shape index (κ1) is 9.01. The molecule has 0 fully saturated rings. The van der Waals surface area contributed by atoms with Crippen molar-refractivity contribution in [1.82, 2.24) is 0 Å². The number of hydrogen-bond acceptors (Lipinski definition) is 1. The molecule has 0 aromatic rings.